The number of rotatable bonds is 5. The van der Waals surface area contributed by atoms with Crippen LogP contribution in [0.15, 0.2) is 24.3 Å². The Hall–Kier alpha value is -1.51. The van der Waals surface area contributed by atoms with E-state index in [4.69, 9.17) is 4.74 Å². The number of halogens is 4. The molecule has 102 valence electrons. The van der Waals surface area contributed by atoms with Crippen LogP contribution in [0.1, 0.15) is 0 Å². The number of benzene rings is 1. The molecule has 0 spiro atoms. The molecule has 0 saturated carbocycles. The minimum absolute atomic E-state index is 0.320. The third-order valence-electron chi connectivity index (χ3n) is 1.85. The minimum atomic E-state index is -5.76. The van der Waals surface area contributed by atoms with E-state index in [0.717, 1.165) is 12.1 Å². The molecular weight excluding hydrogens is 280 g/mol. The van der Waals surface area contributed by atoms with Crippen molar-refractivity contribution in [2.75, 3.05) is 7.11 Å². The van der Waals surface area contributed by atoms with E-state index in [-0.39, 0.29) is 0 Å². The molecule has 0 heterocycles. The van der Waals surface area contributed by atoms with Crippen molar-refractivity contribution in [1.82, 2.24) is 0 Å². The Bertz CT molecular complexity index is 498. The summed E-state index contributed by atoms with van der Waals surface area (Å²) in [6.45, 7) is 0. The van der Waals surface area contributed by atoms with Crippen LogP contribution in [0, 0.1) is 0 Å². The SMILES string of the molecule is COc1ccc(OS(=O)(=O)C(F)(F)C(F)F)cc1. The predicted molar refractivity (Wildman–Crippen MR) is 53.5 cm³/mol. The highest BCUT2D eigenvalue weighted by Gasteiger charge is 2.56. The molecule has 1 aromatic rings. The lowest BCUT2D eigenvalue weighted by atomic mass is 10.3. The van der Waals surface area contributed by atoms with Crippen LogP contribution in [-0.2, 0) is 10.1 Å². The molecule has 0 saturated heterocycles. The Labute approximate surface area is 100 Å². The zero-order valence-electron chi connectivity index (χ0n) is 8.94. The predicted octanol–water partition coefficient (Wildman–Crippen LogP) is 2.26. The van der Waals surface area contributed by atoms with Crippen LogP contribution >= 0.6 is 0 Å². The van der Waals surface area contributed by atoms with Crippen LogP contribution in [0.2, 0.25) is 0 Å². The first-order valence-corrected chi connectivity index (χ1v) is 5.85. The Balaban J connectivity index is 2.95. The van der Waals surface area contributed by atoms with Crippen molar-refractivity contribution in [2.45, 2.75) is 11.7 Å². The second kappa shape index (κ2) is 5.01. The number of ether oxygens (including phenoxy) is 1. The van der Waals surface area contributed by atoms with Gasteiger partial charge in [-0.15, -0.1) is 0 Å². The second-order valence-corrected chi connectivity index (χ2v) is 4.69. The van der Waals surface area contributed by atoms with Crippen molar-refractivity contribution in [1.29, 1.82) is 0 Å². The van der Waals surface area contributed by atoms with E-state index in [1.165, 1.54) is 19.2 Å². The summed E-state index contributed by atoms with van der Waals surface area (Å²) in [5, 5.41) is -5.27. The molecule has 18 heavy (non-hydrogen) atoms. The maximum atomic E-state index is 12.7. The summed E-state index contributed by atoms with van der Waals surface area (Å²) >= 11 is 0. The maximum Gasteiger partial charge on any atom is 0.439 e. The highest BCUT2D eigenvalue weighted by atomic mass is 32.2. The van der Waals surface area contributed by atoms with Gasteiger partial charge in [0.15, 0.2) is 0 Å². The molecule has 0 unspecified atom stereocenters. The van der Waals surface area contributed by atoms with E-state index in [2.05, 4.69) is 4.18 Å². The van der Waals surface area contributed by atoms with E-state index < -0.39 is 27.5 Å². The lowest BCUT2D eigenvalue weighted by molar-refractivity contribution is -0.0680. The van der Waals surface area contributed by atoms with Gasteiger partial charge in [-0.25, -0.2) is 8.78 Å². The molecule has 0 radical (unpaired) electrons. The van der Waals surface area contributed by atoms with E-state index in [9.17, 15) is 26.0 Å². The molecule has 0 aliphatic heterocycles. The van der Waals surface area contributed by atoms with E-state index in [0.29, 0.717) is 5.75 Å². The lowest BCUT2D eigenvalue weighted by Gasteiger charge is -2.15. The Morgan fingerprint density at radius 3 is 1.94 bits per heavy atom. The van der Waals surface area contributed by atoms with Gasteiger partial charge in [-0.3, -0.25) is 0 Å². The van der Waals surface area contributed by atoms with Gasteiger partial charge in [-0.2, -0.15) is 17.2 Å². The lowest BCUT2D eigenvalue weighted by Crippen LogP contribution is -2.39. The third kappa shape index (κ3) is 2.84. The van der Waals surface area contributed by atoms with Crippen LogP contribution in [0.5, 0.6) is 11.5 Å². The number of hydrogen-bond acceptors (Lipinski definition) is 4. The summed E-state index contributed by atoms with van der Waals surface area (Å²) in [4.78, 5) is 0. The Morgan fingerprint density at radius 2 is 1.56 bits per heavy atom. The normalized spacial score (nSPS) is 12.6. The summed E-state index contributed by atoms with van der Waals surface area (Å²) in [7, 11) is -4.42. The first-order chi connectivity index (χ1) is 8.20. The number of hydrogen-bond donors (Lipinski definition) is 0. The van der Waals surface area contributed by atoms with Gasteiger partial charge in [0.05, 0.1) is 7.11 Å². The topological polar surface area (TPSA) is 52.6 Å². The van der Waals surface area contributed by atoms with E-state index in [1.54, 1.807) is 0 Å². The average molecular weight is 288 g/mol. The van der Waals surface area contributed by atoms with Gasteiger partial charge in [0.1, 0.15) is 11.5 Å². The molecule has 0 fully saturated rings. The first-order valence-electron chi connectivity index (χ1n) is 4.45. The molecule has 1 aromatic carbocycles. The van der Waals surface area contributed by atoms with E-state index >= 15 is 0 Å². The number of methoxy groups -OCH3 is 1. The standard InChI is InChI=1S/C9H8F4O4S/c1-16-6-2-4-7(5-3-6)17-18(14,15)9(12,13)8(10)11/h2-5,8H,1H3. The molecule has 0 amide bonds. The van der Waals surface area contributed by atoms with Gasteiger partial charge in [-0.05, 0) is 24.3 Å². The summed E-state index contributed by atoms with van der Waals surface area (Å²) < 4.78 is 79.7. The van der Waals surface area contributed by atoms with E-state index in [1.807, 2.05) is 0 Å². The third-order valence-corrected chi connectivity index (χ3v) is 3.11. The zero-order chi connectivity index (χ0) is 14.0. The molecule has 0 N–H and O–H groups in total. The smallest absolute Gasteiger partial charge is 0.439 e. The van der Waals surface area contributed by atoms with Gasteiger partial charge in [0.25, 0.3) is 0 Å². The van der Waals surface area contributed by atoms with Crippen LogP contribution < -0.4 is 8.92 Å². The van der Waals surface area contributed by atoms with Crippen molar-refractivity contribution < 1.29 is 34.9 Å². The maximum absolute atomic E-state index is 12.7. The molecule has 0 aromatic heterocycles. The molecular formula is C9H8F4O4S. The summed E-state index contributed by atoms with van der Waals surface area (Å²) in [5.41, 5.74) is 0. The highest BCUT2D eigenvalue weighted by molar-refractivity contribution is 7.88. The van der Waals surface area contributed by atoms with Crippen LogP contribution in [0.4, 0.5) is 17.6 Å². The fourth-order valence-electron chi connectivity index (χ4n) is 0.923. The zero-order valence-corrected chi connectivity index (χ0v) is 9.76. The Kier molecular flexibility index (Phi) is 4.05. The number of alkyl halides is 4. The van der Waals surface area contributed by atoms with Crippen molar-refractivity contribution >= 4 is 10.1 Å². The summed E-state index contributed by atoms with van der Waals surface area (Å²) in [6, 6.07) is 4.45. The van der Waals surface area contributed by atoms with Gasteiger partial charge < -0.3 is 8.92 Å². The Morgan fingerprint density at radius 1 is 1.11 bits per heavy atom. The molecule has 0 aliphatic carbocycles. The fourth-order valence-corrected chi connectivity index (χ4v) is 1.62. The summed E-state index contributed by atoms with van der Waals surface area (Å²) in [5.74, 6) is -0.198. The molecule has 4 nitrogen and oxygen atoms in total. The van der Waals surface area contributed by atoms with Crippen molar-refractivity contribution in [3.63, 3.8) is 0 Å². The quantitative estimate of drug-likeness (QED) is 0.616. The molecule has 1 rings (SSSR count). The van der Waals surface area contributed by atoms with Gasteiger partial charge >= 0.3 is 21.8 Å². The average Bonchev–Trinajstić information content (AvgIpc) is 2.29. The second-order valence-electron chi connectivity index (χ2n) is 3.08. The molecule has 0 atom stereocenters. The minimum Gasteiger partial charge on any atom is -0.497 e. The molecule has 0 aliphatic rings. The van der Waals surface area contributed by atoms with Crippen molar-refractivity contribution in [3.05, 3.63) is 24.3 Å². The van der Waals surface area contributed by atoms with Crippen LogP contribution in [-0.4, -0.2) is 27.2 Å². The summed E-state index contributed by atoms with van der Waals surface area (Å²) in [6.07, 6.45) is -4.37. The monoisotopic (exact) mass is 288 g/mol. The molecule has 0 bridgehead atoms. The van der Waals surface area contributed by atoms with Gasteiger partial charge in [0.2, 0.25) is 0 Å². The first kappa shape index (κ1) is 14.6. The van der Waals surface area contributed by atoms with Gasteiger partial charge in [0, 0.05) is 0 Å². The fraction of sp³-hybridized carbons (Fsp3) is 0.333. The molecule has 9 heteroatoms. The van der Waals surface area contributed by atoms with Crippen molar-refractivity contribution in [2.24, 2.45) is 0 Å². The van der Waals surface area contributed by atoms with Crippen LogP contribution in [0.25, 0.3) is 0 Å². The highest BCUT2D eigenvalue weighted by Crippen LogP contribution is 2.32. The largest absolute Gasteiger partial charge is 0.497 e. The van der Waals surface area contributed by atoms with Crippen molar-refractivity contribution in [3.8, 4) is 11.5 Å². The van der Waals surface area contributed by atoms with Crippen LogP contribution in [0.3, 0.4) is 0 Å². The van der Waals surface area contributed by atoms with Gasteiger partial charge in [-0.1, -0.05) is 0 Å².